The first-order valence-corrected chi connectivity index (χ1v) is 6.05. The van der Waals surface area contributed by atoms with E-state index < -0.39 is 0 Å². The molecule has 0 aromatic heterocycles. The van der Waals surface area contributed by atoms with E-state index in [9.17, 15) is 0 Å². The fraction of sp³-hybridized carbons (Fsp3) is 0.538. The second kappa shape index (κ2) is 4.53. The van der Waals surface area contributed by atoms with Crippen molar-refractivity contribution >= 4 is 0 Å². The summed E-state index contributed by atoms with van der Waals surface area (Å²) in [7, 11) is 0. The Morgan fingerprint density at radius 3 is 3.00 bits per heavy atom. The summed E-state index contributed by atoms with van der Waals surface area (Å²) in [6.45, 7) is 2.87. The van der Waals surface area contributed by atoms with E-state index in [1.165, 1.54) is 12.0 Å². The Labute approximate surface area is 96.4 Å². The molecule has 3 nitrogen and oxygen atoms in total. The highest BCUT2D eigenvalue weighted by atomic mass is 16.5. The summed E-state index contributed by atoms with van der Waals surface area (Å²) in [6, 6.07) is 11.1. The number of piperidine rings is 1. The Balaban J connectivity index is 1.55. The van der Waals surface area contributed by atoms with Crippen molar-refractivity contribution in [3.8, 4) is 0 Å². The third-order valence-electron chi connectivity index (χ3n) is 3.49. The normalized spacial score (nSPS) is 32.9. The van der Waals surface area contributed by atoms with Gasteiger partial charge in [-0.2, -0.15) is 0 Å². The molecule has 0 saturated carbocycles. The van der Waals surface area contributed by atoms with Crippen molar-refractivity contribution in [1.29, 1.82) is 0 Å². The second-order valence-electron chi connectivity index (χ2n) is 4.66. The SMILES string of the molecule is c1ccc(COC2CCC3CN2CN3)cc1. The fourth-order valence-electron chi connectivity index (χ4n) is 2.55. The molecule has 2 aliphatic heterocycles. The molecule has 3 atom stereocenters. The molecule has 2 bridgehead atoms. The molecule has 2 aliphatic rings. The standard InChI is InChI=1S/C13H18N2O/c1-2-4-11(5-3-1)9-16-13-7-6-12-8-15(13)10-14-12/h1-5,12-14H,6-10H2. The first-order chi connectivity index (χ1) is 7.92. The molecule has 16 heavy (non-hydrogen) atoms. The molecule has 2 heterocycles. The lowest BCUT2D eigenvalue weighted by Gasteiger charge is -2.30. The lowest BCUT2D eigenvalue weighted by atomic mass is 10.1. The minimum atomic E-state index is 0.312. The number of hydrogen-bond acceptors (Lipinski definition) is 3. The van der Waals surface area contributed by atoms with Gasteiger partial charge in [0.05, 0.1) is 13.3 Å². The van der Waals surface area contributed by atoms with Crippen LogP contribution in [0.4, 0.5) is 0 Å². The quantitative estimate of drug-likeness (QED) is 0.833. The average molecular weight is 218 g/mol. The number of hydrogen-bond donors (Lipinski definition) is 1. The Bertz CT molecular complexity index is 341. The highest BCUT2D eigenvalue weighted by Gasteiger charge is 2.33. The maximum absolute atomic E-state index is 5.99. The van der Waals surface area contributed by atoms with Gasteiger partial charge in [-0.3, -0.25) is 4.90 Å². The lowest BCUT2D eigenvalue weighted by molar-refractivity contribution is -0.0736. The molecule has 3 unspecified atom stereocenters. The van der Waals surface area contributed by atoms with Crippen LogP contribution < -0.4 is 5.32 Å². The first kappa shape index (κ1) is 10.3. The summed E-state index contributed by atoms with van der Waals surface area (Å²) in [4.78, 5) is 2.40. The van der Waals surface area contributed by atoms with Crippen LogP contribution in [0.3, 0.4) is 0 Å². The van der Waals surface area contributed by atoms with Crippen LogP contribution >= 0.6 is 0 Å². The zero-order chi connectivity index (χ0) is 10.8. The summed E-state index contributed by atoms with van der Waals surface area (Å²) in [5, 5.41) is 3.49. The van der Waals surface area contributed by atoms with Crippen LogP contribution in [-0.2, 0) is 11.3 Å². The van der Waals surface area contributed by atoms with Gasteiger partial charge >= 0.3 is 0 Å². The van der Waals surface area contributed by atoms with Crippen LogP contribution in [0.5, 0.6) is 0 Å². The molecule has 0 radical (unpaired) electrons. The van der Waals surface area contributed by atoms with E-state index in [1.54, 1.807) is 0 Å². The van der Waals surface area contributed by atoms with Gasteiger partial charge in [0.2, 0.25) is 0 Å². The van der Waals surface area contributed by atoms with Crippen LogP contribution in [0.2, 0.25) is 0 Å². The third-order valence-corrected chi connectivity index (χ3v) is 3.49. The van der Waals surface area contributed by atoms with Gasteiger partial charge in [0.25, 0.3) is 0 Å². The maximum Gasteiger partial charge on any atom is 0.112 e. The van der Waals surface area contributed by atoms with Gasteiger partial charge in [-0.1, -0.05) is 30.3 Å². The molecule has 1 aromatic carbocycles. The molecule has 2 fully saturated rings. The average Bonchev–Trinajstić information content (AvgIpc) is 2.72. The smallest absolute Gasteiger partial charge is 0.112 e. The van der Waals surface area contributed by atoms with Crippen LogP contribution in [0.1, 0.15) is 18.4 Å². The van der Waals surface area contributed by atoms with Crippen LogP contribution in [0.15, 0.2) is 30.3 Å². The van der Waals surface area contributed by atoms with E-state index in [0.717, 1.165) is 26.2 Å². The summed E-state index contributed by atoms with van der Waals surface area (Å²) >= 11 is 0. The third kappa shape index (κ3) is 2.12. The molecule has 86 valence electrons. The van der Waals surface area contributed by atoms with E-state index in [4.69, 9.17) is 4.74 Å². The Morgan fingerprint density at radius 1 is 1.25 bits per heavy atom. The zero-order valence-electron chi connectivity index (χ0n) is 9.43. The molecule has 3 heteroatoms. The second-order valence-corrected chi connectivity index (χ2v) is 4.66. The molecule has 1 N–H and O–H groups in total. The van der Waals surface area contributed by atoms with Crippen LogP contribution in [-0.4, -0.2) is 30.4 Å². The number of nitrogens with zero attached hydrogens (tertiary/aromatic N) is 1. The highest BCUT2D eigenvalue weighted by molar-refractivity contribution is 5.13. The minimum absolute atomic E-state index is 0.312. The highest BCUT2D eigenvalue weighted by Crippen LogP contribution is 2.22. The summed E-state index contributed by atoms with van der Waals surface area (Å²) in [5.41, 5.74) is 1.26. The van der Waals surface area contributed by atoms with E-state index in [-0.39, 0.29) is 0 Å². The molecule has 2 saturated heterocycles. The number of benzene rings is 1. The Kier molecular flexibility index (Phi) is 2.91. The molecule has 0 spiro atoms. The van der Waals surface area contributed by atoms with E-state index in [0.29, 0.717) is 12.3 Å². The van der Waals surface area contributed by atoms with Crippen LogP contribution in [0.25, 0.3) is 0 Å². The van der Waals surface area contributed by atoms with Crippen molar-refractivity contribution in [2.75, 3.05) is 13.2 Å². The number of rotatable bonds is 3. The zero-order valence-corrected chi connectivity index (χ0v) is 9.43. The fourth-order valence-corrected chi connectivity index (χ4v) is 2.55. The predicted octanol–water partition coefficient (Wildman–Crippen LogP) is 1.55. The largest absolute Gasteiger partial charge is 0.358 e. The van der Waals surface area contributed by atoms with Crippen molar-refractivity contribution in [1.82, 2.24) is 10.2 Å². The van der Waals surface area contributed by atoms with E-state index in [2.05, 4.69) is 34.5 Å². The topological polar surface area (TPSA) is 24.5 Å². The lowest BCUT2D eigenvalue weighted by Crippen LogP contribution is -2.40. The van der Waals surface area contributed by atoms with E-state index in [1.807, 2.05) is 6.07 Å². The maximum atomic E-state index is 5.99. The van der Waals surface area contributed by atoms with Crippen molar-refractivity contribution < 1.29 is 4.74 Å². The van der Waals surface area contributed by atoms with Crippen LogP contribution in [0, 0.1) is 0 Å². The van der Waals surface area contributed by atoms with Crippen molar-refractivity contribution in [3.63, 3.8) is 0 Å². The van der Waals surface area contributed by atoms with Gasteiger partial charge in [-0.05, 0) is 18.4 Å². The Morgan fingerprint density at radius 2 is 2.12 bits per heavy atom. The summed E-state index contributed by atoms with van der Waals surface area (Å²) in [5.74, 6) is 0. The number of fused-ring (bicyclic) bond motifs is 2. The molecule has 3 rings (SSSR count). The van der Waals surface area contributed by atoms with Gasteiger partial charge in [-0.15, -0.1) is 0 Å². The van der Waals surface area contributed by atoms with Gasteiger partial charge < -0.3 is 10.1 Å². The monoisotopic (exact) mass is 218 g/mol. The Hall–Kier alpha value is -0.900. The molecule has 0 amide bonds. The van der Waals surface area contributed by atoms with E-state index >= 15 is 0 Å². The predicted molar refractivity (Wildman–Crippen MR) is 62.7 cm³/mol. The van der Waals surface area contributed by atoms with Gasteiger partial charge in [0.15, 0.2) is 0 Å². The first-order valence-electron chi connectivity index (χ1n) is 6.05. The van der Waals surface area contributed by atoms with Crippen molar-refractivity contribution in [3.05, 3.63) is 35.9 Å². The number of ether oxygens (including phenoxy) is 1. The van der Waals surface area contributed by atoms with Gasteiger partial charge in [0, 0.05) is 12.6 Å². The number of nitrogens with one attached hydrogen (secondary N) is 1. The van der Waals surface area contributed by atoms with Gasteiger partial charge in [0.1, 0.15) is 6.23 Å². The molecule has 1 aromatic rings. The molecular weight excluding hydrogens is 200 g/mol. The summed E-state index contributed by atoms with van der Waals surface area (Å²) in [6.07, 6.45) is 2.71. The molecule has 0 aliphatic carbocycles. The molecular formula is C13H18N2O. The summed E-state index contributed by atoms with van der Waals surface area (Å²) < 4.78 is 5.99. The van der Waals surface area contributed by atoms with Crippen molar-refractivity contribution in [2.45, 2.75) is 31.7 Å². The minimum Gasteiger partial charge on any atom is -0.358 e. The van der Waals surface area contributed by atoms with Crippen molar-refractivity contribution in [2.24, 2.45) is 0 Å². The van der Waals surface area contributed by atoms with Gasteiger partial charge in [-0.25, -0.2) is 0 Å².